The van der Waals surface area contributed by atoms with Gasteiger partial charge in [0.25, 0.3) is 0 Å². The first-order chi connectivity index (χ1) is 13.4. The average molecular weight is 414 g/mol. The number of thiophene rings is 1. The molecule has 1 aromatic carbocycles. The Morgan fingerprint density at radius 3 is 2.54 bits per heavy atom. The summed E-state index contributed by atoms with van der Waals surface area (Å²) in [5, 5.41) is 4.95. The van der Waals surface area contributed by atoms with E-state index in [0.29, 0.717) is 25.3 Å². The second-order valence-corrected chi connectivity index (χ2v) is 7.33. The van der Waals surface area contributed by atoms with Crippen LogP contribution in [0, 0.1) is 0 Å². The summed E-state index contributed by atoms with van der Waals surface area (Å²) in [6, 6.07) is 9.45. The first-order valence-electron chi connectivity index (χ1n) is 8.87. The SMILES string of the molecule is O=C(Cc1ccc(OC(F)(F)F)cc1)NCC(c1cccs1)N1CCOCC1. The second-order valence-electron chi connectivity index (χ2n) is 6.35. The van der Waals surface area contributed by atoms with Gasteiger partial charge in [0.2, 0.25) is 5.91 Å². The van der Waals surface area contributed by atoms with Crippen molar-refractivity contribution < 1.29 is 27.4 Å². The fraction of sp³-hybridized carbons (Fsp3) is 0.421. The second kappa shape index (κ2) is 9.40. The van der Waals surface area contributed by atoms with Gasteiger partial charge >= 0.3 is 6.36 Å². The van der Waals surface area contributed by atoms with Gasteiger partial charge in [0.15, 0.2) is 0 Å². The summed E-state index contributed by atoms with van der Waals surface area (Å²) in [5.74, 6) is -0.485. The molecule has 5 nitrogen and oxygen atoms in total. The molecule has 1 saturated heterocycles. The number of amides is 1. The van der Waals surface area contributed by atoms with Crippen LogP contribution in [0.15, 0.2) is 41.8 Å². The van der Waals surface area contributed by atoms with E-state index < -0.39 is 6.36 Å². The van der Waals surface area contributed by atoms with Gasteiger partial charge < -0.3 is 14.8 Å². The zero-order valence-corrected chi connectivity index (χ0v) is 15.9. The van der Waals surface area contributed by atoms with E-state index in [1.165, 1.54) is 29.1 Å². The Morgan fingerprint density at radius 1 is 1.21 bits per heavy atom. The molecule has 1 N–H and O–H groups in total. The molecule has 1 aliphatic rings. The van der Waals surface area contributed by atoms with Gasteiger partial charge in [0.05, 0.1) is 25.7 Å². The fourth-order valence-electron chi connectivity index (χ4n) is 3.05. The van der Waals surface area contributed by atoms with Crippen molar-refractivity contribution in [3.63, 3.8) is 0 Å². The third-order valence-electron chi connectivity index (χ3n) is 4.37. The van der Waals surface area contributed by atoms with Crippen LogP contribution < -0.4 is 10.1 Å². The number of halogens is 3. The topological polar surface area (TPSA) is 50.8 Å². The van der Waals surface area contributed by atoms with Crippen LogP contribution in [0.2, 0.25) is 0 Å². The summed E-state index contributed by atoms with van der Waals surface area (Å²) in [5.41, 5.74) is 0.617. The predicted molar refractivity (Wildman–Crippen MR) is 99.3 cm³/mol. The normalized spacial score (nSPS) is 16.5. The van der Waals surface area contributed by atoms with Crippen molar-refractivity contribution in [2.24, 2.45) is 0 Å². The van der Waals surface area contributed by atoms with Crippen molar-refractivity contribution in [2.45, 2.75) is 18.8 Å². The van der Waals surface area contributed by atoms with Gasteiger partial charge in [-0.25, -0.2) is 0 Å². The number of morpholine rings is 1. The van der Waals surface area contributed by atoms with E-state index in [1.54, 1.807) is 11.3 Å². The standard InChI is InChI=1S/C19H21F3N2O3S/c20-19(21,22)27-15-5-3-14(4-6-15)12-18(25)23-13-16(17-2-1-11-28-17)24-7-9-26-10-8-24/h1-6,11,16H,7-10,12-13H2,(H,23,25). The van der Waals surface area contributed by atoms with E-state index >= 15 is 0 Å². The minimum Gasteiger partial charge on any atom is -0.406 e. The highest BCUT2D eigenvalue weighted by Gasteiger charge is 2.31. The van der Waals surface area contributed by atoms with Crippen LogP contribution in [0.4, 0.5) is 13.2 Å². The van der Waals surface area contributed by atoms with Crippen LogP contribution in [0.25, 0.3) is 0 Å². The Kier molecular flexibility index (Phi) is 6.93. The van der Waals surface area contributed by atoms with Gasteiger partial charge in [-0.05, 0) is 29.1 Å². The van der Waals surface area contributed by atoms with E-state index in [-0.39, 0.29) is 24.1 Å². The Labute approximate surface area is 165 Å². The molecule has 0 radical (unpaired) electrons. The quantitative estimate of drug-likeness (QED) is 0.755. The average Bonchev–Trinajstić information content (AvgIpc) is 3.18. The molecule has 1 unspecified atom stereocenters. The van der Waals surface area contributed by atoms with Crippen molar-refractivity contribution >= 4 is 17.2 Å². The van der Waals surface area contributed by atoms with Gasteiger partial charge in [0, 0.05) is 24.5 Å². The van der Waals surface area contributed by atoms with Gasteiger partial charge in [0.1, 0.15) is 5.75 Å². The maximum atomic E-state index is 12.3. The van der Waals surface area contributed by atoms with Gasteiger partial charge in [-0.2, -0.15) is 0 Å². The van der Waals surface area contributed by atoms with E-state index in [0.717, 1.165) is 13.1 Å². The monoisotopic (exact) mass is 414 g/mol. The lowest BCUT2D eigenvalue weighted by Gasteiger charge is -2.34. The molecule has 9 heteroatoms. The van der Waals surface area contributed by atoms with E-state index in [9.17, 15) is 18.0 Å². The maximum absolute atomic E-state index is 12.3. The Bertz CT molecular complexity index is 745. The van der Waals surface area contributed by atoms with Gasteiger partial charge in [-0.1, -0.05) is 18.2 Å². The van der Waals surface area contributed by atoms with E-state index in [4.69, 9.17) is 4.74 Å². The number of hydrogen-bond acceptors (Lipinski definition) is 5. The van der Waals surface area contributed by atoms with Crippen LogP contribution in [0.5, 0.6) is 5.75 Å². The minimum atomic E-state index is -4.73. The summed E-state index contributed by atoms with van der Waals surface area (Å²) in [7, 11) is 0. The van der Waals surface area contributed by atoms with Crippen LogP contribution >= 0.6 is 11.3 Å². The minimum absolute atomic E-state index is 0.0791. The third kappa shape index (κ3) is 6.22. The lowest BCUT2D eigenvalue weighted by atomic mass is 10.1. The van der Waals surface area contributed by atoms with Gasteiger partial charge in [-0.15, -0.1) is 24.5 Å². The molecule has 0 bridgehead atoms. The van der Waals surface area contributed by atoms with Crippen molar-refractivity contribution in [2.75, 3.05) is 32.8 Å². The molecule has 0 spiro atoms. The largest absolute Gasteiger partial charge is 0.573 e. The molecule has 2 aromatic rings. The molecule has 1 aliphatic heterocycles. The maximum Gasteiger partial charge on any atom is 0.573 e. The predicted octanol–water partition coefficient (Wildman–Crippen LogP) is 3.38. The van der Waals surface area contributed by atoms with Crippen molar-refractivity contribution in [1.29, 1.82) is 0 Å². The summed E-state index contributed by atoms with van der Waals surface area (Å²) in [4.78, 5) is 15.8. The first-order valence-corrected chi connectivity index (χ1v) is 9.75. The van der Waals surface area contributed by atoms with Crippen molar-refractivity contribution in [3.05, 3.63) is 52.2 Å². The highest BCUT2D eigenvalue weighted by molar-refractivity contribution is 7.10. The van der Waals surface area contributed by atoms with Crippen molar-refractivity contribution in [1.82, 2.24) is 10.2 Å². The molecule has 0 aliphatic carbocycles. The Balaban J connectivity index is 1.54. The zero-order valence-electron chi connectivity index (χ0n) is 15.1. The number of carbonyl (C=O) groups excluding carboxylic acids is 1. The van der Waals surface area contributed by atoms with Crippen LogP contribution in [0.3, 0.4) is 0 Å². The number of hydrogen-bond donors (Lipinski definition) is 1. The molecular weight excluding hydrogens is 393 g/mol. The smallest absolute Gasteiger partial charge is 0.406 e. The van der Waals surface area contributed by atoms with Crippen LogP contribution in [0.1, 0.15) is 16.5 Å². The third-order valence-corrected chi connectivity index (χ3v) is 5.35. The molecule has 1 aromatic heterocycles. The number of carbonyl (C=O) groups is 1. The molecule has 152 valence electrons. The lowest BCUT2D eigenvalue weighted by Crippen LogP contribution is -2.43. The van der Waals surface area contributed by atoms with Crippen LogP contribution in [-0.2, 0) is 16.0 Å². The number of ether oxygens (including phenoxy) is 2. The molecule has 0 saturated carbocycles. The summed E-state index contributed by atoms with van der Waals surface area (Å²) in [6.45, 7) is 3.41. The zero-order chi connectivity index (χ0) is 20.0. The Morgan fingerprint density at radius 2 is 1.93 bits per heavy atom. The number of rotatable bonds is 7. The highest BCUT2D eigenvalue weighted by Crippen LogP contribution is 2.26. The molecule has 1 fully saturated rings. The number of nitrogens with one attached hydrogen (secondary N) is 1. The molecule has 1 atom stereocenters. The molecule has 3 rings (SSSR count). The number of nitrogens with zero attached hydrogens (tertiary/aromatic N) is 1. The van der Waals surface area contributed by atoms with Crippen molar-refractivity contribution in [3.8, 4) is 5.75 Å². The molecule has 1 amide bonds. The summed E-state index contributed by atoms with van der Waals surface area (Å²) < 4.78 is 45.8. The molecule has 28 heavy (non-hydrogen) atoms. The Hall–Kier alpha value is -2.10. The first kappa shape index (κ1) is 20.6. The summed E-state index contributed by atoms with van der Waals surface area (Å²) >= 11 is 1.65. The van der Waals surface area contributed by atoms with E-state index in [1.807, 2.05) is 11.4 Å². The highest BCUT2D eigenvalue weighted by atomic mass is 32.1. The number of benzene rings is 1. The molecule has 2 heterocycles. The lowest BCUT2D eigenvalue weighted by molar-refractivity contribution is -0.274. The molecular formula is C19H21F3N2O3S. The van der Waals surface area contributed by atoms with E-state index in [2.05, 4.69) is 21.0 Å². The fourth-order valence-corrected chi connectivity index (χ4v) is 3.91. The number of alkyl halides is 3. The summed E-state index contributed by atoms with van der Waals surface area (Å²) in [6.07, 6.45) is -4.64. The van der Waals surface area contributed by atoms with Gasteiger partial charge in [-0.3, -0.25) is 9.69 Å². The van der Waals surface area contributed by atoms with Crippen LogP contribution in [-0.4, -0.2) is 50.0 Å².